The number of ether oxygens (including phenoxy) is 2. The second kappa shape index (κ2) is 10.7. The molecule has 0 bridgehead atoms. The molecule has 0 amide bonds. The summed E-state index contributed by atoms with van der Waals surface area (Å²) < 4.78 is 13.4. The number of carbonyl (C=O) groups is 1. The van der Waals surface area contributed by atoms with Crippen molar-refractivity contribution in [2.24, 2.45) is 5.73 Å². The van der Waals surface area contributed by atoms with Gasteiger partial charge in [0.1, 0.15) is 18.1 Å². The molecule has 3 aromatic carbocycles. The zero-order valence-electron chi connectivity index (χ0n) is 20.9. The number of rotatable bonds is 9. The van der Waals surface area contributed by atoms with Crippen LogP contribution < -0.4 is 10.5 Å². The summed E-state index contributed by atoms with van der Waals surface area (Å²) in [5.74, 6) is 0.397. The maximum atomic E-state index is 12.0. The summed E-state index contributed by atoms with van der Waals surface area (Å²) in [4.78, 5) is 12.0. The summed E-state index contributed by atoms with van der Waals surface area (Å²) in [6.45, 7) is 9.32. The van der Waals surface area contributed by atoms with Crippen LogP contribution in [0.3, 0.4) is 0 Å². The molecule has 4 rings (SSSR count). The van der Waals surface area contributed by atoms with Crippen LogP contribution in [0, 0.1) is 6.92 Å². The minimum Gasteiger partial charge on any atom is -0.487 e. The summed E-state index contributed by atoms with van der Waals surface area (Å²) in [5, 5.41) is 5.95. The number of nitrogens with two attached hydrogens (primary N) is 1. The monoisotopic (exact) mass is 471 g/mol. The van der Waals surface area contributed by atoms with Crippen molar-refractivity contribution in [2.75, 3.05) is 6.61 Å². The molecular weight excluding hydrogens is 438 g/mol. The van der Waals surface area contributed by atoms with Gasteiger partial charge in [0.05, 0.1) is 18.5 Å². The van der Waals surface area contributed by atoms with Gasteiger partial charge in [0, 0.05) is 23.5 Å². The normalized spacial score (nSPS) is 11.3. The van der Waals surface area contributed by atoms with Gasteiger partial charge in [-0.05, 0) is 68.1 Å². The predicted molar refractivity (Wildman–Crippen MR) is 139 cm³/mol. The van der Waals surface area contributed by atoms with Crippen molar-refractivity contribution in [1.82, 2.24) is 9.78 Å². The van der Waals surface area contributed by atoms with E-state index in [0.717, 1.165) is 33.3 Å². The molecule has 0 aliphatic carbocycles. The molecule has 6 heteroatoms. The lowest BCUT2D eigenvalue weighted by atomic mass is 9.95. The number of para-hydroxylation sites is 1. The molecular formula is C29H33N3O3. The van der Waals surface area contributed by atoms with Crippen molar-refractivity contribution >= 4 is 16.9 Å². The SMILES string of the molecule is CCOC(=O)Cc1ccccc1OCc1nn(C(C)C)c2ccc(-c3cccc(CN)c3C)cc12. The quantitative estimate of drug-likeness (QED) is 0.315. The number of aromatic nitrogens is 2. The Balaban J connectivity index is 1.69. The molecule has 0 spiro atoms. The van der Waals surface area contributed by atoms with Gasteiger partial charge >= 0.3 is 5.97 Å². The molecule has 2 N–H and O–H groups in total. The highest BCUT2D eigenvalue weighted by molar-refractivity contribution is 5.88. The van der Waals surface area contributed by atoms with E-state index in [-0.39, 0.29) is 18.4 Å². The Labute approximate surface area is 206 Å². The van der Waals surface area contributed by atoms with Crippen LogP contribution in [0.2, 0.25) is 0 Å². The van der Waals surface area contributed by atoms with Crippen LogP contribution in [-0.4, -0.2) is 22.4 Å². The Bertz CT molecular complexity index is 1340. The van der Waals surface area contributed by atoms with E-state index in [1.165, 1.54) is 11.1 Å². The fourth-order valence-electron chi connectivity index (χ4n) is 4.39. The van der Waals surface area contributed by atoms with Gasteiger partial charge in [-0.25, -0.2) is 0 Å². The van der Waals surface area contributed by atoms with Gasteiger partial charge in [0.2, 0.25) is 0 Å². The van der Waals surface area contributed by atoms with E-state index in [4.69, 9.17) is 20.3 Å². The number of benzene rings is 3. The smallest absolute Gasteiger partial charge is 0.310 e. The Morgan fingerprint density at radius 1 is 1.06 bits per heavy atom. The lowest BCUT2D eigenvalue weighted by molar-refractivity contribution is -0.142. The van der Waals surface area contributed by atoms with Crippen LogP contribution in [0.4, 0.5) is 0 Å². The maximum absolute atomic E-state index is 12.0. The third-order valence-corrected chi connectivity index (χ3v) is 6.23. The molecule has 1 heterocycles. The first-order valence-electron chi connectivity index (χ1n) is 12.1. The Kier molecular flexibility index (Phi) is 7.51. The molecule has 0 fully saturated rings. The molecule has 0 unspecified atom stereocenters. The van der Waals surface area contributed by atoms with E-state index in [2.05, 4.69) is 57.2 Å². The Morgan fingerprint density at radius 3 is 2.57 bits per heavy atom. The van der Waals surface area contributed by atoms with Crippen molar-refractivity contribution in [3.05, 3.63) is 83.0 Å². The summed E-state index contributed by atoms with van der Waals surface area (Å²) in [6, 6.07) is 20.5. The van der Waals surface area contributed by atoms with Gasteiger partial charge in [-0.1, -0.05) is 42.5 Å². The molecule has 0 aliphatic rings. The number of fused-ring (bicyclic) bond motifs is 1. The van der Waals surface area contributed by atoms with E-state index in [9.17, 15) is 4.79 Å². The summed E-state index contributed by atoms with van der Waals surface area (Å²) in [6.07, 6.45) is 0.173. The van der Waals surface area contributed by atoms with E-state index in [1.54, 1.807) is 6.92 Å². The summed E-state index contributed by atoms with van der Waals surface area (Å²) >= 11 is 0. The Morgan fingerprint density at radius 2 is 1.83 bits per heavy atom. The van der Waals surface area contributed by atoms with Gasteiger partial charge < -0.3 is 15.2 Å². The molecule has 0 saturated carbocycles. The zero-order valence-corrected chi connectivity index (χ0v) is 20.9. The van der Waals surface area contributed by atoms with Gasteiger partial charge in [0.25, 0.3) is 0 Å². The summed E-state index contributed by atoms with van der Waals surface area (Å²) in [5.41, 5.74) is 13.3. The minimum atomic E-state index is -0.266. The van der Waals surface area contributed by atoms with Crippen LogP contribution in [0.25, 0.3) is 22.0 Å². The van der Waals surface area contributed by atoms with Crippen molar-refractivity contribution in [3.63, 3.8) is 0 Å². The molecule has 6 nitrogen and oxygen atoms in total. The Hall–Kier alpha value is -3.64. The third kappa shape index (κ3) is 5.23. The molecule has 0 atom stereocenters. The zero-order chi connectivity index (χ0) is 24.9. The first kappa shape index (κ1) is 24.5. The lowest BCUT2D eigenvalue weighted by Gasteiger charge is -2.12. The molecule has 0 saturated heterocycles. The van der Waals surface area contributed by atoms with Crippen molar-refractivity contribution in [3.8, 4) is 16.9 Å². The first-order valence-corrected chi connectivity index (χ1v) is 12.1. The van der Waals surface area contributed by atoms with Gasteiger partial charge in [-0.3, -0.25) is 9.48 Å². The van der Waals surface area contributed by atoms with Crippen LogP contribution in [-0.2, 0) is 29.1 Å². The van der Waals surface area contributed by atoms with Crippen LogP contribution in [0.1, 0.15) is 49.2 Å². The van der Waals surface area contributed by atoms with E-state index in [1.807, 2.05) is 28.9 Å². The lowest BCUT2D eigenvalue weighted by Crippen LogP contribution is -2.09. The fraction of sp³-hybridized carbons (Fsp3) is 0.310. The maximum Gasteiger partial charge on any atom is 0.310 e. The third-order valence-electron chi connectivity index (χ3n) is 6.23. The number of hydrogen-bond donors (Lipinski definition) is 1. The van der Waals surface area contributed by atoms with E-state index < -0.39 is 0 Å². The van der Waals surface area contributed by atoms with Crippen LogP contribution in [0.15, 0.2) is 60.7 Å². The van der Waals surface area contributed by atoms with Crippen LogP contribution in [0.5, 0.6) is 5.75 Å². The highest BCUT2D eigenvalue weighted by atomic mass is 16.5. The first-order chi connectivity index (χ1) is 16.9. The number of esters is 1. The van der Waals surface area contributed by atoms with Gasteiger partial charge in [-0.15, -0.1) is 0 Å². The minimum absolute atomic E-state index is 0.173. The topological polar surface area (TPSA) is 79.4 Å². The molecule has 1 aromatic heterocycles. The second-order valence-corrected chi connectivity index (χ2v) is 8.89. The molecule has 35 heavy (non-hydrogen) atoms. The highest BCUT2D eigenvalue weighted by Gasteiger charge is 2.17. The molecule has 182 valence electrons. The average molecular weight is 472 g/mol. The molecule has 0 aliphatic heterocycles. The van der Waals surface area contributed by atoms with E-state index >= 15 is 0 Å². The van der Waals surface area contributed by atoms with Gasteiger partial charge in [0.15, 0.2) is 0 Å². The fourth-order valence-corrected chi connectivity index (χ4v) is 4.39. The standard InChI is InChI=1S/C29H33N3O3/c1-5-34-29(33)16-22-9-6-7-12-28(22)35-18-26-25-15-21(13-14-27(25)32(31-26)19(2)3)24-11-8-10-23(17-30)20(24)4/h6-15,19H,5,16-18,30H2,1-4H3. The summed E-state index contributed by atoms with van der Waals surface area (Å²) in [7, 11) is 0. The highest BCUT2D eigenvalue weighted by Crippen LogP contribution is 2.32. The second-order valence-electron chi connectivity index (χ2n) is 8.89. The number of nitrogens with zero attached hydrogens (tertiary/aromatic N) is 2. The van der Waals surface area contributed by atoms with Crippen LogP contribution >= 0.6 is 0 Å². The number of hydrogen-bond acceptors (Lipinski definition) is 5. The molecule has 4 aromatic rings. The van der Waals surface area contributed by atoms with E-state index in [0.29, 0.717) is 25.5 Å². The molecule has 0 radical (unpaired) electrons. The number of carbonyl (C=O) groups excluding carboxylic acids is 1. The van der Waals surface area contributed by atoms with Crippen molar-refractivity contribution in [1.29, 1.82) is 0 Å². The average Bonchev–Trinajstić information content (AvgIpc) is 3.22. The predicted octanol–water partition coefficient (Wildman–Crippen LogP) is 5.74. The van der Waals surface area contributed by atoms with Crippen molar-refractivity contribution < 1.29 is 14.3 Å². The van der Waals surface area contributed by atoms with Crippen molar-refractivity contribution in [2.45, 2.75) is 53.3 Å². The largest absolute Gasteiger partial charge is 0.487 e. The van der Waals surface area contributed by atoms with Gasteiger partial charge in [-0.2, -0.15) is 5.10 Å².